The van der Waals surface area contributed by atoms with Crippen molar-refractivity contribution in [3.63, 3.8) is 0 Å². The molecule has 2 heterocycles. The first-order valence-electron chi connectivity index (χ1n) is 6.06. The van der Waals surface area contributed by atoms with E-state index in [0.29, 0.717) is 24.6 Å². The van der Waals surface area contributed by atoms with Crippen LogP contribution < -0.4 is 0 Å². The topological polar surface area (TPSA) is 52.6 Å². The first-order chi connectivity index (χ1) is 8.06. The summed E-state index contributed by atoms with van der Waals surface area (Å²) in [4.78, 5) is 23.0. The fourth-order valence-corrected chi connectivity index (χ4v) is 6.26. The molecule has 0 N–H and O–H groups in total. The molecule has 2 saturated heterocycles. The number of hydrogen-bond donors (Lipinski definition) is 0. The Kier molecular flexibility index (Phi) is 4.10. The van der Waals surface area contributed by atoms with E-state index < -0.39 is 0 Å². The summed E-state index contributed by atoms with van der Waals surface area (Å²) in [6.45, 7) is 2.95. The normalized spacial score (nSPS) is 36.1. The summed E-state index contributed by atoms with van der Waals surface area (Å²) < 4.78 is 10.7. The summed E-state index contributed by atoms with van der Waals surface area (Å²) in [6, 6.07) is 0. The van der Waals surface area contributed by atoms with Crippen LogP contribution in [0.5, 0.6) is 0 Å². The Morgan fingerprint density at radius 1 is 0.882 bits per heavy atom. The molecule has 0 saturated carbocycles. The zero-order valence-corrected chi connectivity index (χ0v) is 11.9. The number of hydrogen-bond acceptors (Lipinski definition) is 4. The molecule has 96 valence electrons. The van der Waals surface area contributed by atoms with Crippen molar-refractivity contribution in [1.29, 1.82) is 0 Å². The molecule has 17 heavy (non-hydrogen) atoms. The van der Waals surface area contributed by atoms with Gasteiger partial charge in [-0.25, -0.2) is 0 Å². The Bertz CT molecular complexity index is 288. The molecule has 2 bridgehead atoms. The van der Waals surface area contributed by atoms with Crippen molar-refractivity contribution in [3.8, 4) is 0 Å². The molecule has 0 aromatic rings. The molecule has 0 amide bonds. The Morgan fingerprint density at radius 3 is 1.65 bits per heavy atom. The molecule has 4 atom stereocenters. The number of fused-ring (bicyclic) bond motifs is 2. The third kappa shape index (κ3) is 3.23. The van der Waals surface area contributed by atoms with Crippen LogP contribution in [0.2, 0.25) is 9.63 Å². The zero-order valence-electron chi connectivity index (χ0n) is 10.2. The van der Waals surface area contributed by atoms with Gasteiger partial charge in [0.25, 0.3) is 0 Å². The van der Waals surface area contributed by atoms with Crippen LogP contribution >= 0.6 is 0 Å². The third-order valence-electron chi connectivity index (χ3n) is 3.29. The number of rotatable bonds is 2. The Balaban J connectivity index is 1.91. The molecule has 2 aliphatic rings. The van der Waals surface area contributed by atoms with E-state index in [4.69, 9.17) is 9.47 Å². The molecule has 4 nitrogen and oxygen atoms in total. The van der Waals surface area contributed by atoms with Crippen molar-refractivity contribution < 1.29 is 19.1 Å². The van der Waals surface area contributed by atoms with Crippen molar-refractivity contribution in [3.05, 3.63) is 0 Å². The van der Waals surface area contributed by atoms with Gasteiger partial charge in [-0.1, -0.05) is 0 Å². The van der Waals surface area contributed by atoms with Crippen LogP contribution in [0.3, 0.4) is 0 Å². The molecule has 0 spiro atoms. The van der Waals surface area contributed by atoms with Gasteiger partial charge in [0.1, 0.15) is 0 Å². The third-order valence-corrected chi connectivity index (χ3v) is 7.01. The van der Waals surface area contributed by atoms with E-state index in [-0.39, 0.29) is 24.1 Å². The van der Waals surface area contributed by atoms with Gasteiger partial charge >= 0.3 is 107 Å². The minimum absolute atomic E-state index is 0.113. The van der Waals surface area contributed by atoms with Gasteiger partial charge in [-0.15, -0.1) is 0 Å². The number of carbonyl (C=O) groups is 2. The van der Waals surface area contributed by atoms with Crippen LogP contribution in [0, 0.1) is 0 Å². The molecule has 2 aliphatic heterocycles. The second-order valence-electron chi connectivity index (χ2n) is 4.66. The molecule has 5 heteroatoms. The van der Waals surface area contributed by atoms with Gasteiger partial charge < -0.3 is 0 Å². The van der Waals surface area contributed by atoms with Crippen LogP contribution in [-0.2, 0) is 19.1 Å². The minimum atomic E-state index is -0.175. The molecule has 0 aliphatic carbocycles. The average molecular weight is 305 g/mol. The van der Waals surface area contributed by atoms with Crippen LogP contribution in [0.25, 0.3) is 0 Å². The molecule has 0 radical (unpaired) electrons. The van der Waals surface area contributed by atoms with E-state index in [0.717, 1.165) is 25.7 Å². The molecule has 0 aromatic carbocycles. The Morgan fingerprint density at radius 2 is 1.29 bits per heavy atom. The first kappa shape index (κ1) is 12.9. The van der Waals surface area contributed by atoms with Crippen LogP contribution in [0.4, 0.5) is 0 Å². The molecule has 0 aromatic heterocycles. The summed E-state index contributed by atoms with van der Waals surface area (Å²) in [6.07, 6.45) is 4.12. The maximum absolute atomic E-state index is 11.0. The molecule has 2 rings (SSSR count). The number of carbonyl (C=O) groups excluding carboxylic acids is 2. The van der Waals surface area contributed by atoms with Gasteiger partial charge in [0.2, 0.25) is 0 Å². The van der Waals surface area contributed by atoms with Gasteiger partial charge in [0.15, 0.2) is 0 Å². The first-order valence-corrected chi connectivity index (χ1v) is 8.04. The SMILES string of the molecule is CC(=O)OC1CCC2[Se]C1CCC2OC(C)=O. The number of ether oxygens (including phenoxy) is 2. The Labute approximate surface area is 108 Å². The summed E-state index contributed by atoms with van der Waals surface area (Å²) in [5, 5.41) is 0. The summed E-state index contributed by atoms with van der Waals surface area (Å²) in [5.74, 6) is -0.349. The summed E-state index contributed by atoms with van der Waals surface area (Å²) in [7, 11) is 0. The predicted octanol–water partition coefficient (Wildman–Crippen LogP) is 1.72. The van der Waals surface area contributed by atoms with Crippen molar-refractivity contribution in [1.82, 2.24) is 0 Å². The molecular formula is C12H18O4Se. The van der Waals surface area contributed by atoms with Crippen LogP contribution in [0.15, 0.2) is 0 Å². The monoisotopic (exact) mass is 306 g/mol. The van der Waals surface area contributed by atoms with Crippen LogP contribution in [0.1, 0.15) is 39.5 Å². The zero-order chi connectivity index (χ0) is 12.4. The predicted molar refractivity (Wildman–Crippen MR) is 62.8 cm³/mol. The fraction of sp³-hybridized carbons (Fsp3) is 0.833. The Hall–Kier alpha value is -0.541. The second-order valence-corrected chi connectivity index (χ2v) is 7.78. The van der Waals surface area contributed by atoms with Crippen molar-refractivity contribution in [2.75, 3.05) is 0 Å². The maximum atomic E-state index is 11.0. The van der Waals surface area contributed by atoms with E-state index in [9.17, 15) is 9.59 Å². The quantitative estimate of drug-likeness (QED) is 0.576. The van der Waals surface area contributed by atoms with Crippen molar-refractivity contribution in [2.24, 2.45) is 0 Å². The second kappa shape index (κ2) is 5.40. The van der Waals surface area contributed by atoms with E-state index in [1.807, 2.05) is 0 Å². The van der Waals surface area contributed by atoms with Crippen molar-refractivity contribution >= 4 is 26.9 Å². The van der Waals surface area contributed by atoms with Gasteiger partial charge in [-0.05, 0) is 0 Å². The molecular weight excluding hydrogens is 287 g/mol. The number of esters is 2. The van der Waals surface area contributed by atoms with Crippen LogP contribution in [-0.4, -0.2) is 39.1 Å². The van der Waals surface area contributed by atoms with Gasteiger partial charge in [-0.3, -0.25) is 0 Å². The standard InChI is InChI=1S/C12H18O4Se/c1-7(13)15-9-3-5-12-10(16-8(2)14)4-6-11(9)17-12/h9-12H,3-6H2,1-2H3. The van der Waals surface area contributed by atoms with Gasteiger partial charge in [0, 0.05) is 0 Å². The van der Waals surface area contributed by atoms with E-state index in [2.05, 4.69) is 0 Å². The van der Waals surface area contributed by atoms with Gasteiger partial charge in [0.05, 0.1) is 0 Å². The fourth-order valence-electron chi connectivity index (χ4n) is 2.63. The molecule has 4 unspecified atom stereocenters. The summed E-state index contributed by atoms with van der Waals surface area (Å²) in [5.41, 5.74) is 0. The molecule has 2 fully saturated rings. The van der Waals surface area contributed by atoms with Crippen molar-refractivity contribution in [2.45, 2.75) is 61.4 Å². The van der Waals surface area contributed by atoms with E-state index in [1.165, 1.54) is 13.8 Å². The van der Waals surface area contributed by atoms with E-state index >= 15 is 0 Å². The average Bonchev–Trinajstić information content (AvgIpc) is 2.24. The van der Waals surface area contributed by atoms with E-state index in [1.54, 1.807) is 0 Å². The van der Waals surface area contributed by atoms with Gasteiger partial charge in [-0.2, -0.15) is 0 Å². The summed E-state index contributed by atoms with van der Waals surface area (Å²) >= 11 is 0.427.